The Hall–Kier alpha value is -0.810. The lowest BCUT2D eigenvalue weighted by atomic mass is 10.1. The highest BCUT2D eigenvalue weighted by Crippen LogP contribution is 2.32. The average molecular weight is 244 g/mol. The molecule has 2 N–H and O–H groups in total. The fraction of sp³-hybridized carbons (Fsp3) is 0.333. The van der Waals surface area contributed by atoms with Crippen LogP contribution in [-0.4, -0.2) is 0 Å². The zero-order valence-corrected chi connectivity index (χ0v) is 8.62. The van der Waals surface area contributed by atoms with Gasteiger partial charge in [0.05, 0.1) is 5.56 Å². The SMILES string of the molecule is CC(N)c1ccc(F)c(C(F)(F)F)c1.Cl. The van der Waals surface area contributed by atoms with Crippen LogP contribution in [0.2, 0.25) is 0 Å². The third kappa shape index (κ3) is 3.35. The van der Waals surface area contributed by atoms with Gasteiger partial charge < -0.3 is 5.73 Å². The Morgan fingerprint density at radius 1 is 1.27 bits per heavy atom. The number of alkyl halides is 3. The van der Waals surface area contributed by atoms with Crippen molar-refractivity contribution in [3.8, 4) is 0 Å². The molecular weight excluding hydrogens is 234 g/mol. The maximum absolute atomic E-state index is 12.8. The highest BCUT2D eigenvalue weighted by molar-refractivity contribution is 5.85. The molecule has 0 aromatic heterocycles. The van der Waals surface area contributed by atoms with E-state index < -0.39 is 23.6 Å². The van der Waals surface area contributed by atoms with Gasteiger partial charge in [0.15, 0.2) is 0 Å². The van der Waals surface area contributed by atoms with Crippen molar-refractivity contribution in [3.63, 3.8) is 0 Å². The fourth-order valence-electron chi connectivity index (χ4n) is 1.04. The van der Waals surface area contributed by atoms with Crippen LogP contribution >= 0.6 is 12.4 Å². The van der Waals surface area contributed by atoms with Gasteiger partial charge in [-0.15, -0.1) is 12.4 Å². The summed E-state index contributed by atoms with van der Waals surface area (Å²) in [5.41, 5.74) is 4.38. The van der Waals surface area contributed by atoms with Crippen LogP contribution in [0.15, 0.2) is 18.2 Å². The van der Waals surface area contributed by atoms with Gasteiger partial charge in [-0.2, -0.15) is 13.2 Å². The molecule has 0 bridgehead atoms. The molecule has 0 fully saturated rings. The topological polar surface area (TPSA) is 26.0 Å². The van der Waals surface area contributed by atoms with Gasteiger partial charge in [-0.25, -0.2) is 4.39 Å². The van der Waals surface area contributed by atoms with Crippen molar-refractivity contribution in [2.24, 2.45) is 5.73 Å². The third-order valence-corrected chi connectivity index (χ3v) is 1.82. The molecule has 0 amide bonds. The van der Waals surface area contributed by atoms with E-state index in [4.69, 9.17) is 5.73 Å². The maximum atomic E-state index is 12.8. The molecule has 6 heteroatoms. The lowest BCUT2D eigenvalue weighted by Crippen LogP contribution is -2.11. The second-order valence-electron chi connectivity index (χ2n) is 3.03. The normalized spacial score (nSPS) is 13.2. The minimum absolute atomic E-state index is 0. The highest BCUT2D eigenvalue weighted by Gasteiger charge is 2.34. The molecule has 1 aromatic rings. The molecule has 1 unspecified atom stereocenters. The van der Waals surface area contributed by atoms with E-state index in [0.29, 0.717) is 0 Å². The lowest BCUT2D eigenvalue weighted by Gasteiger charge is -2.11. The van der Waals surface area contributed by atoms with Crippen LogP contribution in [0, 0.1) is 5.82 Å². The van der Waals surface area contributed by atoms with Crippen LogP contribution in [0.3, 0.4) is 0 Å². The van der Waals surface area contributed by atoms with Gasteiger partial charge in [-0.05, 0) is 24.6 Å². The molecule has 0 aliphatic heterocycles. The molecule has 1 atom stereocenters. The van der Waals surface area contributed by atoms with E-state index in [1.54, 1.807) is 0 Å². The first-order valence-corrected chi connectivity index (χ1v) is 3.94. The minimum atomic E-state index is -4.67. The van der Waals surface area contributed by atoms with Crippen LogP contribution in [0.5, 0.6) is 0 Å². The van der Waals surface area contributed by atoms with Gasteiger partial charge in [0, 0.05) is 6.04 Å². The Bertz CT molecular complexity index is 335. The number of hydrogen-bond acceptors (Lipinski definition) is 1. The van der Waals surface area contributed by atoms with E-state index >= 15 is 0 Å². The van der Waals surface area contributed by atoms with E-state index in [-0.39, 0.29) is 18.0 Å². The summed E-state index contributed by atoms with van der Waals surface area (Å²) in [6.07, 6.45) is -4.67. The van der Waals surface area contributed by atoms with Gasteiger partial charge >= 0.3 is 6.18 Å². The molecule has 0 aliphatic carbocycles. The standard InChI is InChI=1S/C9H9F4N.ClH/c1-5(14)6-2-3-8(10)7(4-6)9(11,12)13;/h2-5H,14H2,1H3;1H. The molecule has 0 spiro atoms. The zero-order chi connectivity index (χ0) is 10.9. The summed E-state index contributed by atoms with van der Waals surface area (Å²) >= 11 is 0. The third-order valence-electron chi connectivity index (χ3n) is 1.82. The van der Waals surface area contributed by atoms with Crippen molar-refractivity contribution in [1.82, 2.24) is 0 Å². The summed E-state index contributed by atoms with van der Waals surface area (Å²) in [5, 5.41) is 0. The quantitative estimate of drug-likeness (QED) is 0.753. The summed E-state index contributed by atoms with van der Waals surface area (Å²) in [6.45, 7) is 1.54. The van der Waals surface area contributed by atoms with E-state index in [2.05, 4.69) is 0 Å². The number of halogens is 5. The van der Waals surface area contributed by atoms with Crippen LogP contribution in [0.25, 0.3) is 0 Å². The zero-order valence-electron chi connectivity index (χ0n) is 7.81. The second-order valence-corrected chi connectivity index (χ2v) is 3.03. The first kappa shape index (κ1) is 14.2. The molecule has 0 heterocycles. The summed E-state index contributed by atoms with van der Waals surface area (Å²) in [7, 11) is 0. The van der Waals surface area contributed by atoms with Crippen LogP contribution in [0.1, 0.15) is 24.1 Å². The van der Waals surface area contributed by atoms with Crippen molar-refractivity contribution in [2.45, 2.75) is 19.1 Å². The van der Waals surface area contributed by atoms with E-state index in [9.17, 15) is 17.6 Å². The molecule has 0 saturated carbocycles. The van der Waals surface area contributed by atoms with Crippen molar-refractivity contribution >= 4 is 12.4 Å². The molecule has 1 aromatic carbocycles. The summed E-state index contributed by atoms with van der Waals surface area (Å²) < 4.78 is 49.4. The smallest absolute Gasteiger partial charge is 0.324 e. The Morgan fingerprint density at radius 2 is 1.80 bits per heavy atom. The van der Waals surface area contributed by atoms with E-state index in [1.807, 2.05) is 0 Å². The second kappa shape index (κ2) is 4.81. The molecule has 86 valence electrons. The predicted octanol–water partition coefficient (Wildman–Crippen LogP) is 3.29. The molecule has 1 nitrogen and oxygen atoms in total. The molecule has 0 aliphatic rings. The lowest BCUT2D eigenvalue weighted by molar-refractivity contribution is -0.140. The molecule has 0 saturated heterocycles. The average Bonchev–Trinajstić information content (AvgIpc) is 2.02. The Labute approximate surface area is 90.7 Å². The van der Waals surface area contributed by atoms with Crippen molar-refractivity contribution in [1.29, 1.82) is 0 Å². The van der Waals surface area contributed by atoms with Gasteiger partial charge in [0.2, 0.25) is 0 Å². The van der Waals surface area contributed by atoms with Crippen molar-refractivity contribution < 1.29 is 17.6 Å². The molecule has 1 rings (SSSR count). The van der Waals surface area contributed by atoms with Crippen molar-refractivity contribution in [3.05, 3.63) is 35.1 Å². The van der Waals surface area contributed by atoms with E-state index in [0.717, 1.165) is 12.1 Å². The van der Waals surface area contributed by atoms with Crippen molar-refractivity contribution in [2.75, 3.05) is 0 Å². The largest absolute Gasteiger partial charge is 0.419 e. The number of nitrogens with two attached hydrogens (primary N) is 1. The van der Waals surface area contributed by atoms with E-state index in [1.165, 1.54) is 13.0 Å². The Kier molecular flexibility index (Phi) is 4.55. The van der Waals surface area contributed by atoms with Crippen LogP contribution < -0.4 is 5.73 Å². The Balaban J connectivity index is 0.00000196. The van der Waals surface area contributed by atoms with Crippen LogP contribution in [-0.2, 0) is 6.18 Å². The molecule has 15 heavy (non-hydrogen) atoms. The summed E-state index contributed by atoms with van der Waals surface area (Å²) in [4.78, 5) is 0. The Morgan fingerprint density at radius 3 is 2.20 bits per heavy atom. The van der Waals surface area contributed by atoms with Crippen LogP contribution in [0.4, 0.5) is 17.6 Å². The monoisotopic (exact) mass is 243 g/mol. The first-order valence-electron chi connectivity index (χ1n) is 3.94. The number of benzene rings is 1. The summed E-state index contributed by atoms with van der Waals surface area (Å²) in [6, 6.07) is 2.22. The first-order chi connectivity index (χ1) is 6.32. The minimum Gasteiger partial charge on any atom is -0.324 e. The molecular formula is C9H10ClF4N. The summed E-state index contributed by atoms with van der Waals surface area (Å²) in [5.74, 6) is -1.28. The van der Waals surface area contributed by atoms with Gasteiger partial charge in [0.1, 0.15) is 5.82 Å². The molecule has 0 radical (unpaired) electrons. The number of hydrogen-bond donors (Lipinski definition) is 1. The van der Waals surface area contributed by atoms with Gasteiger partial charge in [-0.1, -0.05) is 6.07 Å². The van der Waals surface area contributed by atoms with Gasteiger partial charge in [0.25, 0.3) is 0 Å². The van der Waals surface area contributed by atoms with Gasteiger partial charge in [-0.3, -0.25) is 0 Å². The highest BCUT2D eigenvalue weighted by atomic mass is 35.5. The fourth-order valence-corrected chi connectivity index (χ4v) is 1.04. The number of rotatable bonds is 1. The predicted molar refractivity (Wildman–Crippen MR) is 51.3 cm³/mol. The maximum Gasteiger partial charge on any atom is 0.419 e.